The Morgan fingerprint density at radius 1 is 1.60 bits per heavy atom. The number of hydrogen-bond donors (Lipinski definition) is 3. The molecule has 0 bridgehead atoms. The van der Waals surface area contributed by atoms with Crippen molar-refractivity contribution in [1.82, 2.24) is 5.32 Å². The number of carbonyl (C=O) groups excluding carboxylic acids is 1. The van der Waals surface area contributed by atoms with Gasteiger partial charge in [0.25, 0.3) is 0 Å². The summed E-state index contributed by atoms with van der Waals surface area (Å²) >= 11 is 1.62. The van der Waals surface area contributed by atoms with Crippen LogP contribution in [0.1, 0.15) is 32.6 Å². The first-order valence-electron chi connectivity index (χ1n) is 7.33. The minimum Gasteiger partial charge on any atom is -0.465 e. The molecule has 1 saturated carbocycles. The van der Waals surface area contributed by atoms with Gasteiger partial charge in [-0.3, -0.25) is 4.79 Å². The van der Waals surface area contributed by atoms with E-state index in [-0.39, 0.29) is 18.5 Å². The van der Waals surface area contributed by atoms with E-state index in [1.807, 2.05) is 14.0 Å². The molecule has 0 aliphatic heterocycles. The molecule has 3 N–H and O–H groups in total. The van der Waals surface area contributed by atoms with Crippen molar-refractivity contribution in [2.24, 2.45) is 5.92 Å². The zero-order chi connectivity index (χ0) is 15.0. The van der Waals surface area contributed by atoms with Crippen LogP contribution < -0.4 is 5.32 Å². The Bertz CT molecular complexity index is 303. The van der Waals surface area contributed by atoms with Crippen molar-refractivity contribution in [3.8, 4) is 0 Å². The third kappa shape index (κ3) is 4.35. The molecule has 118 valence electrons. The van der Waals surface area contributed by atoms with Crippen LogP contribution in [0.15, 0.2) is 0 Å². The third-order valence-electron chi connectivity index (χ3n) is 4.04. The van der Waals surface area contributed by atoms with Gasteiger partial charge in [-0.15, -0.1) is 0 Å². The Morgan fingerprint density at radius 3 is 2.95 bits per heavy atom. The third-order valence-corrected chi connectivity index (χ3v) is 5.18. The Labute approximate surface area is 125 Å². The van der Waals surface area contributed by atoms with Crippen molar-refractivity contribution in [3.05, 3.63) is 0 Å². The van der Waals surface area contributed by atoms with Gasteiger partial charge in [0, 0.05) is 5.75 Å². The molecule has 3 unspecified atom stereocenters. The fraction of sp³-hybridized carbons (Fsp3) is 0.929. The normalized spacial score (nSPS) is 27.5. The number of likely N-dealkylation sites (N-methyl/N-ethyl adjacent to an activating group) is 1. The van der Waals surface area contributed by atoms with E-state index >= 15 is 0 Å². The maximum atomic E-state index is 12.2. The second-order valence-electron chi connectivity index (χ2n) is 5.23. The highest BCUT2D eigenvalue weighted by molar-refractivity contribution is 7.99. The SMILES string of the molecule is CCOC(=O)C1(NC)CCCC1CCSCC(O)CO. The first-order valence-corrected chi connectivity index (χ1v) is 8.49. The number of hydrogen-bond acceptors (Lipinski definition) is 6. The summed E-state index contributed by atoms with van der Waals surface area (Å²) < 4.78 is 5.23. The monoisotopic (exact) mass is 305 g/mol. The highest BCUT2D eigenvalue weighted by atomic mass is 32.2. The molecule has 1 aliphatic rings. The van der Waals surface area contributed by atoms with Gasteiger partial charge < -0.3 is 20.3 Å². The quantitative estimate of drug-likeness (QED) is 0.432. The highest BCUT2D eigenvalue weighted by Crippen LogP contribution is 2.39. The summed E-state index contributed by atoms with van der Waals surface area (Å²) in [6.45, 7) is 2.05. The number of aliphatic hydroxyl groups is 2. The van der Waals surface area contributed by atoms with Crippen LogP contribution in [-0.2, 0) is 9.53 Å². The molecule has 1 aliphatic carbocycles. The molecule has 0 heterocycles. The predicted octanol–water partition coefficient (Wildman–Crippen LogP) is 0.784. The fourth-order valence-electron chi connectivity index (χ4n) is 2.93. The van der Waals surface area contributed by atoms with Crippen LogP contribution in [0.4, 0.5) is 0 Å². The van der Waals surface area contributed by atoms with Gasteiger partial charge in [-0.05, 0) is 44.9 Å². The smallest absolute Gasteiger partial charge is 0.326 e. The van der Waals surface area contributed by atoms with Gasteiger partial charge >= 0.3 is 5.97 Å². The number of carbonyl (C=O) groups is 1. The Hall–Kier alpha value is -0.300. The van der Waals surface area contributed by atoms with E-state index in [1.165, 1.54) is 0 Å². The van der Waals surface area contributed by atoms with Gasteiger partial charge in [0.15, 0.2) is 0 Å². The van der Waals surface area contributed by atoms with Crippen molar-refractivity contribution >= 4 is 17.7 Å². The molecule has 3 atom stereocenters. The molecule has 0 amide bonds. The van der Waals surface area contributed by atoms with Crippen molar-refractivity contribution < 1.29 is 19.7 Å². The molecule has 20 heavy (non-hydrogen) atoms. The zero-order valence-electron chi connectivity index (χ0n) is 12.4. The summed E-state index contributed by atoms with van der Waals surface area (Å²) in [4.78, 5) is 12.2. The number of aliphatic hydroxyl groups excluding tert-OH is 2. The van der Waals surface area contributed by atoms with Gasteiger partial charge in [-0.1, -0.05) is 6.42 Å². The molecular weight excluding hydrogens is 278 g/mol. The van der Waals surface area contributed by atoms with Crippen molar-refractivity contribution in [2.45, 2.75) is 44.2 Å². The van der Waals surface area contributed by atoms with Gasteiger partial charge in [0.05, 0.1) is 19.3 Å². The Balaban J connectivity index is 2.48. The van der Waals surface area contributed by atoms with E-state index in [4.69, 9.17) is 9.84 Å². The van der Waals surface area contributed by atoms with Crippen molar-refractivity contribution in [2.75, 3.05) is 31.8 Å². The molecule has 0 spiro atoms. The molecule has 1 fully saturated rings. The lowest BCUT2D eigenvalue weighted by Crippen LogP contribution is -2.54. The van der Waals surface area contributed by atoms with Gasteiger partial charge in [0.1, 0.15) is 5.54 Å². The molecule has 5 nitrogen and oxygen atoms in total. The number of esters is 1. The molecule has 0 saturated heterocycles. The number of nitrogens with one attached hydrogen (secondary N) is 1. The largest absolute Gasteiger partial charge is 0.465 e. The average Bonchev–Trinajstić information content (AvgIpc) is 2.87. The molecule has 0 aromatic rings. The summed E-state index contributed by atoms with van der Waals surface area (Å²) in [5, 5.41) is 21.3. The van der Waals surface area contributed by atoms with Crippen LogP contribution in [-0.4, -0.2) is 59.6 Å². The molecule has 0 aromatic heterocycles. The number of thioether (sulfide) groups is 1. The van der Waals surface area contributed by atoms with E-state index in [2.05, 4.69) is 5.32 Å². The first kappa shape index (κ1) is 17.8. The van der Waals surface area contributed by atoms with Crippen LogP contribution in [0.25, 0.3) is 0 Å². The van der Waals surface area contributed by atoms with E-state index < -0.39 is 11.6 Å². The topological polar surface area (TPSA) is 78.8 Å². The van der Waals surface area contributed by atoms with Crippen LogP contribution >= 0.6 is 11.8 Å². The molecule has 1 rings (SSSR count). The van der Waals surface area contributed by atoms with Crippen LogP contribution in [0, 0.1) is 5.92 Å². The maximum Gasteiger partial charge on any atom is 0.326 e. The highest BCUT2D eigenvalue weighted by Gasteiger charge is 2.48. The van der Waals surface area contributed by atoms with Gasteiger partial charge in [-0.2, -0.15) is 11.8 Å². The van der Waals surface area contributed by atoms with E-state index in [9.17, 15) is 9.90 Å². The summed E-state index contributed by atoms with van der Waals surface area (Å²) in [5.41, 5.74) is -0.536. The molecule has 6 heteroatoms. The van der Waals surface area contributed by atoms with E-state index in [1.54, 1.807) is 11.8 Å². The van der Waals surface area contributed by atoms with E-state index in [0.717, 1.165) is 31.4 Å². The lowest BCUT2D eigenvalue weighted by Gasteiger charge is -2.33. The van der Waals surface area contributed by atoms with Crippen LogP contribution in [0.3, 0.4) is 0 Å². The van der Waals surface area contributed by atoms with Crippen molar-refractivity contribution in [3.63, 3.8) is 0 Å². The van der Waals surface area contributed by atoms with Crippen LogP contribution in [0.2, 0.25) is 0 Å². The number of ether oxygens (including phenoxy) is 1. The van der Waals surface area contributed by atoms with Crippen LogP contribution in [0.5, 0.6) is 0 Å². The molecular formula is C14H27NO4S. The van der Waals surface area contributed by atoms with Crippen molar-refractivity contribution in [1.29, 1.82) is 0 Å². The Morgan fingerprint density at radius 2 is 2.35 bits per heavy atom. The minimum atomic E-state index is -0.650. The van der Waals surface area contributed by atoms with Gasteiger partial charge in [-0.25, -0.2) is 0 Å². The minimum absolute atomic E-state index is 0.134. The second kappa shape index (κ2) is 8.87. The standard InChI is InChI=1S/C14H27NO4S/c1-3-19-13(18)14(15-2)7-4-5-11(14)6-8-20-10-12(17)9-16/h11-12,15-17H,3-10H2,1-2H3. The van der Waals surface area contributed by atoms with Gasteiger partial charge in [0.2, 0.25) is 0 Å². The summed E-state index contributed by atoms with van der Waals surface area (Å²) in [7, 11) is 1.83. The molecule has 0 radical (unpaired) electrons. The summed E-state index contributed by atoms with van der Waals surface area (Å²) in [6.07, 6.45) is 3.17. The first-order chi connectivity index (χ1) is 9.60. The lowest BCUT2D eigenvalue weighted by molar-refractivity contribution is -0.152. The Kier molecular flexibility index (Phi) is 7.87. The maximum absolute atomic E-state index is 12.2. The zero-order valence-corrected chi connectivity index (χ0v) is 13.2. The lowest BCUT2D eigenvalue weighted by atomic mass is 9.85. The fourth-order valence-corrected chi connectivity index (χ4v) is 3.92. The second-order valence-corrected chi connectivity index (χ2v) is 6.38. The predicted molar refractivity (Wildman–Crippen MR) is 80.8 cm³/mol. The molecule has 0 aromatic carbocycles. The number of rotatable bonds is 9. The summed E-state index contributed by atoms with van der Waals surface area (Å²) in [6, 6.07) is 0. The summed E-state index contributed by atoms with van der Waals surface area (Å²) in [5.74, 6) is 1.57. The average molecular weight is 305 g/mol. The van der Waals surface area contributed by atoms with E-state index in [0.29, 0.717) is 12.4 Å².